The monoisotopic (exact) mass is 620 g/mol. The highest BCUT2D eigenvalue weighted by Gasteiger charge is 2.51. The molecule has 0 bridgehead atoms. The molecular weight excluding hydrogens is 583 g/mol. The van der Waals surface area contributed by atoms with Gasteiger partial charge in [0.15, 0.2) is 0 Å². The summed E-state index contributed by atoms with van der Waals surface area (Å²) in [5.74, 6) is 0. The van der Waals surface area contributed by atoms with Crippen LogP contribution < -0.4 is 5.46 Å². The summed E-state index contributed by atoms with van der Waals surface area (Å²) in [6.45, 7) is 7.55. The second kappa shape index (κ2) is 10.3. The first-order chi connectivity index (χ1) is 23.2. The fraction of sp³-hybridized carbons (Fsp3) is 0.156. The maximum Gasteiger partial charge on any atom is 0.310 e. The molecule has 9 rings (SSSR count). The molecule has 2 nitrogen and oxygen atoms in total. The predicted molar refractivity (Wildman–Crippen MR) is 201 cm³/mol. The maximum atomic E-state index is 10.9. The van der Waals surface area contributed by atoms with E-state index < -0.39 is 16.6 Å². The maximum absolute atomic E-state index is 10.9. The van der Waals surface area contributed by atoms with E-state index in [1.807, 2.05) is 27.7 Å². The van der Waals surface area contributed by atoms with Crippen LogP contribution in [0.3, 0.4) is 0 Å². The van der Waals surface area contributed by atoms with E-state index in [1.165, 1.54) is 77.2 Å². The third kappa shape index (κ3) is 3.89. The van der Waals surface area contributed by atoms with E-state index in [0.29, 0.717) is 7.48 Å². The quantitative estimate of drug-likeness (QED) is 0.153. The Hall–Kier alpha value is -4.96. The summed E-state index contributed by atoms with van der Waals surface area (Å²) in [5.41, 5.74) is 12.1. The Morgan fingerprint density at radius 1 is 0.500 bits per heavy atom. The summed E-state index contributed by atoms with van der Waals surface area (Å²) in [7, 11) is 0.397. The van der Waals surface area contributed by atoms with Crippen molar-refractivity contribution in [2.75, 3.05) is 0 Å². The van der Waals surface area contributed by atoms with Gasteiger partial charge in [-0.2, -0.15) is 0 Å². The first kappa shape index (κ1) is 29.2. The summed E-state index contributed by atoms with van der Waals surface area (Å²) in [4.78, 5) is 0. The van der Waals surface area contributed by atoms with E-state index in [2.05, 4.69) is 140 Å². The van der Waals surface area contributed by atoms with Crippen molar-refractivity contribution in [2.45, 2.75) is 44.3 Å². The normalized spacial score (nSPS) is 14.2. The van der Waals surface area contributed by atoms with Gasteiger partial charge in [-0.15, -0.1) is 0 Å². The van der Waals surface area contributed by atoms with Gasteiger partial charge in [0.25, 0.3) is 0 Å². The molecule has 0 saturated heterocycles. The lowest BCUT2D eigenvalue weighted by atomic mass is 9.70. The van der Waals surface area contributed by atoms with Gasteiger partial charge in [-0.3, -0.25) is 0 Å². The smallest absolute Gasteiger partial charge is 0.310 e. The molecule has 232 valence electrons. The van der Waals surface area contributed by atoms with Crippen molar-refractivity contribution in [2.24, 2.45) is 0 Å². The van der Waals surface area contributed by atoms with Gasteiger partial charge >= 0.3 is 7.48 Å². The molecule has 0 aromatic heterocycles. The fourth-order valence-electron chi connectivity index (χ4n) is 8.36. The SMILES string of the molecule is CC(C)(O)C(C)(C)OBc1c2ccccc2c(-c2ccc3c(c2)C2(c4ccccc4-c4ccccc42)c2ccccc2-3)c2ccccc12. The van der Waals surface area contributed by atoms with Gasteiger partial charge in [-0.25, -0.2) is 0 Å². The molecule has 1 N–H and O–H groups in total. The number of benzene rings is 7. The first-order valence-electron chi connectivity index (χ1n) is 16.9. The van der Waals surface area contributed by atoms with E-state index in [-0.39, 0.29) is 0 Å². The summed E-state index contributed by atoms with van der Waals surface area (Å²) in [6, 6.07) is 51.6. The van der Waals surface area contributed by atoms with Crippen molar-refractivity contribution in [3.05, 3.63) is 162 Å². The number of fused-ring (bicyclic) bond motifs is 12. The molecule has 0 atom stereocenters. The molecule has 2 aliphatic carbocycles. The molecule has 48 heavy (non-hydrogen) atoms. The lowest BCUT2D eigenvalue weighted by Gasteiger charge is -2.37. The van der Waals surface area contributed by atoms with Crippen LogP contribution in [0.1, 0.15) is 49.9 Å². The molecule has 0 amide bonds. The molecule has 0 radical (unpaired) electrons. The van der Waals surface area contributed by atoms with Gasteiger partial charge in [-0.1, -0.05) is 133 Å². The van der Waals surface area contributed by atoms with Crippen molar-refractivity contribution < 1.29 is 9.76 Å². The predicted octanol–water partition coefficient (Wildman–Crippen LogP) is 9.55. The number of hydrogen-bond acceptors (Lipinski definition) is 2. The molecule has 1 spiro atoms. The first-order valence-corrected chi connectivity index (χ1v) is 16.9. The summed E-state index contributed by atoms with van der Waals surface area (Å²) in [6.07, 6.45) is 0. The molecule has 0 heterocycles. The Labute approximate surface area is 282 Å². The van der Waals surface area contributed by atoms with Gasteiger partial charge in [0, 0.05) is 0 Å². The van der Waals surface area contributed by atoms with Crippen LogP contribution in [-0.4, -0.2) is 23.8 Å². The Balaban J connectivity index is 1.32. The minimum atomic E-state index is -0.992. The van der Waals surface area contributed by atoms with Crippen molar-refractivity contribution >= 4 is 34.5 Å². The van der Waals surface area contributed by atoms with E-state index in [0.717, 1.165) is 5.46 Å². The van der Waals surface area contributed by atoms with Crippen LogP contribution in [0, 0.1) is 0 Å². The summed E-state index contributed by atoms with van der Waals surface area (Å²) in [5, 5.41) is 15.6. The molecule has 0 unspecified atom stereocenters. The number of hydrogen-bond donors (Lipinski definition) is 1. The van der Waals surface area contributed by atoms with Crippen LogP contribution in [0.5, 0.6) is 0 Å². The standard InChI is InChI=1S/C45H37BO2/c1-43(2,47)44(3,4)48-46-42-35-20-7-5-18-33(35)41(34-19-6-8-21-36(34)42)28-25-26-32-31-17-11-14-24-39(31)45(40(32)27-28)37-22-12-9-15-29(37)30-16-10-13-23-38(30)45/h5-27,46-47H,1-4H3. The van der Waals surface area contributed by atoms with Gasteiger partial charge in [0.05, 0.1) is 16.6 Å². The van der Waals surface area contributed by atoms with E-state index >= 15 is 0 Å². The third-order valence-corrected chi connectivity index (χ3v) is 11.4. The van der Waals surface area contributed by atoms with Gasteiger partial charge < -0.3 is 9.76 Å². The lowest BCUT2D eigenvalue weighted by molar-refractivity contribution is -0.0892. The summed E-state index contributed by atoms with van der Waals surface area (Å²) >= 11 is 0. The minimum absolute atomic E-state index is 0.392. The Bertz CT molecular complexity index is 2310. The van der Waals surface area contributed by atoms with Crippen LogP contribution in [0.15, 0.2) is 140 Å². The zero-order chi connectivity index (χ0) is 32.8. The molecule has 3 heteroatoms. The van der Waals surface area contributed by atoms with Crippen molar-refractivity contribution in [3.63, 3.8) is 0 Å². The van der Waals surface area contributed by atoms with Crippen LogP contribution in [0.2, 0.25) is 0 Å². The average molecular weight is 621 g/mol. The average Bonchev–Trinajstić information content (AvgIpc) is 3.57. The Kier molecular flexibility index (Phi) is 6.25. The Morgan fingerprint density at radius 3 is 1.40 bits per heavy atom. The minimum Gasteiger partial charge on any atom is -0.427 e. The third-order valence-electron chi connectivity index (χ3n) is 11.4. The summed E-state index contributed by atoms with van der Waals surface area (Å²) < 4.78 is 6.52. The molecule has 0 aliphatic heterocycles. The second-order valence-corrected chi connectivity index (χ2v) is 14.4. The highest BCUT2D eigenvalue weighted by atomic mass is 16.5. The van der Waals surface area contributed by atoms with Crippen molar-refractivity contribution in [1.82, 2.24) is 0 Å². The molecule has 0 fully saturated rings. The lowest BCUT2D eigenvalue weighted by Crippen LogP contribution is -2.49. The number of aliphatic hydroxyl groups is 1. The van der Waals surface area contributed by atoms with Gasteiger partial charge in [0.1, 0.15) is 0 Å². The molecule has 7 aromatic rings. The van der Waals surface area contributed by atoms with Crippen molar-refractivity contribution in [3.8, 4) is 33.4 Å². The van der Waals surface area contributed by atoms with Crippen LogP contribution in [-0.2, 0) is 10.1 Å². The van der Waals surface area contributed by atoms with Gasteiger partial charge in [-0.05, 0) is 116 Å². The topological polar surface area (TPSA) is 29.5 Å². The molecule has 2 aliphatic rings. The molecule has 7 aromatic carbocycles. The highest BCUT2D eigenvalue weighted by molar-refractivity contribution is 6.57. The largest absolute Gasteiger partial charge is 0.427 e. The number of rotatable bonds is 5. The Morgan fingerprint density at radius 2 is 0.917 bits per heavy atom. The molecule has 0 saturated carbocycles. The zero-order valence-corrected chi connectivity index (χ0v) is 27.8. The fourth-order valence-corrected chi connectivity index (χ4v) is 8.36. The van der Waals surface area contributed by atoms with E-state index in [4.69, 9.17) is 4.65 Å². The van der Waals surface area contributed by atoms with E-state index in [1.54, 1.807) is 0 Å². The second-order valence-electron chi connectivity index (χ2n) is 14.4. The van der Waals surface area contributed by atoms with Crippen LogP contribution in [0.4, 0.5) is 0 Å². The molecular formula is C45H37BO2. The van der Waals surface area contributed by atoms with Gasteiger partial charge in [0.2, 0.25) is 0 Å². The van der Waals surface area contributed by atoms with Crippen LogP contribution >= 0.6 is 0 Å². The van der Waals surface area contributed by atoms with E-state index in [9.17, 15) is 5.11 Å². The van der Waals surface area contributed by atoms with Crippen molar-refractivity contribution in [1.29, 1.82) is 0 Å². The van der Waals surface area contributed by atoms with Crippen LogP contribution in [0.25, 0.3) is 54.9 Å². The zero-order valence-electron chi connectivity index (χ0n) is 27.8. The highest BCUT2D eigenvalue weighted by Crippen LogP contribution is 2.63.